The fourth-order valence-corrected chi connectivity index (χ4v) is 2.38. The number of rotatable bonds is 1. The van der Waals surface area contributed by atoms with Crippen LogP contribution >= 0.6 is 46.4 Å². The third kappa shape index (κ3) is 2.02. The smallest absolute Gasteiger partial charge is 0.258 e. The van der Waals surface area contributed by atoms with Gasteiger partial charge in [0.15, 0.2) is 0 Å². The van der Waals surface area contributed by atoms with Gasteiger partial charge >= 0.3 is 5.69 Å². The molecule has 0 aliphatic carbocycles. The van der Waals surface area contributed by atoms with Crippen LogP contribution in [0.2, 0.25) is 20.1 Å². The number of halogens is 4. The minimum atomic E-state index is -0.645. The maximum absolute atomic E-state index is 10.7. The summed E-state index contributed by atoms with van der Waals surface area (Å²) in [5, 5.41) is 11.2. The summed E-state index contributed by atoms with van der Waals surface area (Å²) in [5.41, 5.74) is 0.0134. The van der Waals surface area contributed by atoms with Gasteiger partial charge in [-0.15, -0.1) is 0 Å². The number of nitrogens with zero attached hydrogens (tertiary/aromatic N) is 2. The minimum Gasteiger partial charge on any atom is -0.258 e. The molecule has 0 spiro atoms. The molecule has 0 saturated heterocycles. The van der Waals surface area contributed by atoms with E-state index in [1.807, 2.05) is 0 Å². The van der Waals surface area contributed by atoms with E-state index in [0.29, 0.717) is 5.52 Å². The summed E-state index contributed by atoms with van der Waals surface area (Å²) in [7, 11) is 0. The Morgan fingerprint density at radius 3 is 2.35 bits per heavy atom. The van der Waals surface area contributed by atoms with Crippen LogP contribution < -0.4 is 0 Å². The van der Waals surface area contributed by atoms with E-state index in [0.717, 1.165) is 6.20 Å². The largest absolute Gasteiger partial charge is 0.306 e. The molecule has 0 atom stereocenters. The molecule has 0 amide bonds. The number of aromatic nitrogens is 1. The number of benzene rings is 1. The lowest BCUT2D eigenvalue weighted by Gasteiger charge is -2.06. The molecule has 2 rings (SSSR count). The van der Waals surface area contributed by atoms with Crippen molar-refractivity contribution in [1.29, 1.82) is 0 Å². The molecule has 0 aliphatic heterocycles. The van der Waals surface area contributed by atoms with Crippen LogP contribution in [-0.4, -0.2) is 9.91 Å². The normalized spacial score (nSPS) is 10.8. The van der Waals surface area contributed by atoms with Gasteiger partial charge in [-0.05, 0) is 6.07 Å². The van der Waals surface area contributed by atoms with Crippen LogP contribution in [0.3, 0.4) is 0 Å². The Bertz CT molecular complexity index is 645. The first-order chi connectivity index (χ1) is 7.93. The maximum Gasteiger partial charge on any atom is 0.306 e. The number of nitro groups is 1. The molecule has 1 aromatic heterocycles. The summed E-state index contributed by atoms with van der Waals surface area (Å²) in [6.07, 6.45) is 1.05. The molecule has 1 heterocycles. The monoisotopic (exact) mass is 310 g/mol. The maximum atomic E-state index is 10.7. The molecule has 4 nitrogen and oxygen atoms in total. The quantitative estimate of drug-likeness (QED) is 0.433. The third-order valence-corrected chi connectivity index (χ3v) is 3.75. The lowest BCUT2D eigenvalue weighted by atomic mass is 10.2. The average Bonchev–Trinajstić information content (AvgIpc) is 2.25. The number of hydrogen-bond donors (Lipinski definition) is 0. The zero-order chi connectivity index (χ0) is 12.7. The Morgan fingerprint density at radius 1 is 1.12 bits per heavy atom. The summed E-state index contributed by atoms with van der Waals surface area (Å²) < 4.78 is 0. The number of fused-ring (bicyclic) bond motifs is 1. The van der Waals surface area contributed by atoms with Crippen molar-refractivity contribution >= 4 is 63.0 Å². The van der Waals surface area contributed by atoms with Gasteiger partial charge in [0.1, 0.15) is 11.2 Å². The highest BCUT2D eigenvalue weighted by Gasteiger charge is 2.20. The first kappa shape index (κ1) is 12.6. The molecule has 1 aromatic carbocycles. The van der Waals surface area contributed by atoms with Crippen molar-refractivity contribution in [3.8, 4) is 0 Å². The second-order valence-corrected chi connectivity index (χ2v) is 4.64. The molecule has 88 valence electrons. The van der Waals surface area contributed by atoms with Crippen LogP contribution in [0, 0.1) is 10.1 Å². The molecule has 0 radical (unpaired) electrons. The zero-order valence-corrected chi connectivity index (χ0v) is 10.9. The Balaban J connectivity index is 2.95. The Hall–Kier alpha value is -0.810. The van der Waals surface area contributed by atoms with Crippen LogP contribution in [0.5, 0.6) is 0 Å². The van der Waals surface area contributed by atoms with Crippen LogP contribution in [0.4, 0.5) is 5.69 Å². The summed E-state index contributed by atoms with van der Waals surface area (Å²) in [5.74, 6) is 0. The Labute approximate surface area is 115 Å². The molecular weight excluding hydrogens is 310 g/mol. The topological polar surface area (TPSA) is 56.0 Å². The molecule has 0 fully saturated rings. The van der Waals surface area contributed by atoms with Gasteiger partial charge in [-0.3, -0.25) is 10.1 Å². The first-order valence-corrected chi connectivity index (χ1v) is 5.70. The fourth-order valence-electron chi connectivity index (χ4n) is 1.34. The third-order valence-electron chi connectivity index (χ3n) is 2.11. The summed E-state index contributed by atoms with van der Waals surface area (Å²) in [6, 6.07) is 1.45. The molecule has 0 unspecified atom stereocenters. The summed E-state index contributed by atoms with van der Waals surface area (Å²) in [6.45, 7) is 0. The Morgan fingerprint density at radius 2 is 1.76 bits per heavy atom. The van der Waals surface area contributed by atoms with Crippen molar-refractivity contribution in [2.24, 2.45) is 0 Å². The fraction of sp³-hybridized carbons (Fsp3) is 0. The van der Waals surface area contributed by atoms with Gasteiger partial charge in [-0.25, -0.2) is 4.98 Å². The van der Waals surface area contributed by atoms with Gasteiger partial charge in [0, 0.05) is 5.39 Å². The Kier molecular flexibility index (Phi) is 3.32. The minimum absolute atomic E-state index is 0.0513. The SMILES string of the molecule is O=[N+]([O-])c1cnc2cc(Cl)c(Cl)c(Cl)c2c1Cl. The lowest BCUT2D eigenvalue weighted by molar-refractivity contribution is -0.384. The van der Waals surface area contributed by atoms with Gasteiger partial charge in [0.2, 0.25) is 0 Å². The van der Waals surface area contributed by atoms with Crippen molar-refractivity contribution in [3.63, 3.8) is 0 Å². The number of pyridine rings is 1. The highest BCUT2D eigenvalue weighted by atomic mass is 35.5. The first-order valence-electron chi connectivity index (χ1n) is 4.19. The van der Waals surface area contributed by atoms with E-state index in [2.05, 4.69) is 4.98 Å². The van der Waals surface area contributed by atoms with Crippen molar-refractivity contribution < 1.29 is 4.92 Å². The van der Waals surface area contributed by atoms with Gasteiger partial charge in [-0.2, -0.15) is 0 Å². The van der Waals surface area contributed by atoms with Gasteiger partial charge in [0.05, 0.1) is 25.5 Å². The van der Waals surface area contributed by atoms with E-state index in [4.69, 9.17) is 46.4 Å². The van der Waals surface area contributed by atoms with Crippen molar-refractivity contribution in [3.05, 3.63) is 42.5 Å². The summed E-state index contributed by atoms with van der Waals surface area (Å²) >= 11 is 23.5. The average molecular weight is 312 g/mol. The second-order valence-electron chi connectivity index (χ2n) is 3.10. The van der Waals surface area contributed by atoms with E-state index in [1.54, 1.807) is 0 Å². The molecule has 0 saturated carbocycles. The van der Waals surface area contributed by atoms with Gasteiger partial charge < -0.3 is 0 Å². The van der Waals surface area contributed by atoms with Crippen LogP contribution in [-0.2, 0) is 0 Å². The second kappa shape index (κ2) is 4.46. The van der Waals surface area contributed by atoms with E-state index in [9.17, 15) is 10.1 Å². The molecule has 2 aromatic rings. The lowest BCUT2D eigenvalue weighted by Crippen LogP contribution is -1.92. The van der Waals surface area contributed by atoms with Crippen LogP contribution in [0.1, 0.15) is 0 Å². The predicted octanol–water partition coefficient (Wildman–Crippen LogP) is 4.76. The highest BCUT2D eigenvalue weighted by molar-refractivity contribution is 6.52. The van der Waals surface area contributed by atoms with Crippen molar-refractivity contribution in [2.75, 3.05) is 0 Å². The highest BCUT2D eigenvalue weighted by Crippen LogP contribution is 2.41. The number of hydrogen-bond acceptors (Lipinski definition) is 3. The standard InChI is InChI=1S/C9H2Cl4N2O2/c10-3-1-4-6(9(13)7(3)11)8(12)5(2-14-4)15(16)17/h1-2H. The predicted molar refractivity (Wildman–Crippen MR) is 68.4 cm³/mol. The summed E-state index contributed by atoms with van der Waals surface area (Å²) in [4.78, 5) is 13.9. The molecule has 0 aliphatic rings. The van der Waals surface area contributed by atoms with Crippen molar-refractivity contribution in [1.82, 2.24) is 4.98 Å². The van der Waals surface area contributed by atoms with E-state index in [-0.39, 0.29) is 31.2 Å². The van der Waals surface area contributed by atoms with Crippen molar-refractivity contribution in [2.45, 2.75) is 0 Å². The van der Waals surface area contributed by atoms with E-state index < -0.39 is 4.92 Å². The van der Waals surface area contributed by atoms with Crippen LogP contribution in [0.25, 0.3) is 10.9 Å². The van der Waals surface area contributed by atoms with Gasteiger partial charge in [0.25, 0.3) is 0 Å². The molecule has 8 heteroatoms. The molecular formula is C9H2Cl4N2O2. The van der Waals surface area contributed by atoms with E-state index in [1.165, 1.54) is 6.07 Å². The molecule has 0 N–H and O–H groups in total. The molecule has 0 bridgehead atoms. The molecule has 17 heavy (non-hydrogen) atoms. The van der Waals surface area contributed by atoms with E-state index >= 15 is 0 Å². The van der Waals surface area contributed by atoms with Gasteiger partial charge in [-0.1, -0.05) is 46.4 Å². The van der Waals surface area contributed by atoms with Crippen LogP contribution in [0.15, 0.2) is 12.3 Å². The zero-order valence-electron chi connectivity index (χ0n) is 7.88.